The van der Waals surface area contributed by atoms with Crippen LogP contribution >= 0.6 is 11.6 Å². The molecule has 1 aromatic rings. The third-order valence-electron chi connectivity index (χ3n) is 1.88. The van der Waals surface area contributed by atoms with Gasteiger partial charge in [-0.15, -0.1) is 0 Å². The third-order valence-corrected chi connectivity index (χ3v) is 2.17. The summed E-state index contributed by atoms with van der Waals surface area (Å²) >= 11 is 5.84. The molecule has 0 aromatic carbocycles. The molecule has 0 atom stereocenters. The summed E-state index contributed by atoms with van der Waals surface area (Å²) in [4.78, 5) is 13.8. The Labute approximate surface area is 104 Å². The van der Waals surface area contributed by atoms with Gasteiger partial charge in [-0.2, -0.15) is 0 Å². The number of rotatable bonds is 6. The lowest BCUT2D eigenvalue weighted by atomic mass is 10.4. The van der Waals surface area contributed by atoms with E-state index in [2.05, 4.69) is 10.3 Å². The maximum atomic E-state index is 10.5. The molecule has 1 heterocycles. The van der Waals surface area contributed by atoms with Crippen molar-refractivity contribution in [2.24, 2.45) is 0 Å². The van der Waals surface area contributed by atoms with Gasteiger partial charge >= 0.3 is 0 Å². The summed E-state index contributed by atoms with van der Waals surface area (Å²) in [5.41, 5.74) is -0.126. The second kappa shape index (κ2) is 6.36. The molecular weight excluding hydrogens is 246 g/mol. The van der Waals surface area contributed by atoms with Gasteiger partial charge in [0.2, 0.25) is 0 Å². The van der Waals surface area contributed by atoms with Crippen LogP contribution in [0.4, 0.5) is 11.5 Å². The van der Waals surface area contributed by atoms with Gasteiger partial charge < -0.3 is 10.1 Å². The highest BCUT2D eigenvalue weighted by molar-refractivity contribution is 6.33. The Bertz CT molecular complexity index is 398. The molecule has 7 heteroatoms. The highest BCUT2D eigenvalue weighted by Crippen LogP contribution is 2.23. The monoisotopic (exact) mass is 259 g/mol. The van der Waals surface area contributed by atoms with E-state index in [1.807, 2.05) is 13.8 Å². The Morgan fingerprint density at radius 2 is 2.35 bits per heavy atom. The van der Waals surface area contributed by atoms with Crippen LogP contribution in [0.15, 0.2) is 12.3 Å². The summed E-state index contributed by atoms with van der Waals surface area (Å²) < 4.78 is 5.32. The van der Waals surface area contributed by atoms with Gasteiger partial charge in [0.05, 0.1) is 22.7 Å². The van der Waals surface area contributed by atoms with Gasteiger partial charge in [-0.25, -0.2) is 4.98 Å². The standard InChI is InChI=1S/C10H14ClN3O3/c1-7(2)17-4-3-12-10-9(11)5-8(6-13-10)14(15)16/h5-7H,3-4H2,1-2H3,(H,12,13). The van der Waals surface area contributed by atoms with Crippen LogP contribution in [0.3, 0.4) is 0 Å². The normalized spacial score (nSPS) is 10.6. The molecule has 0 unspecified atom stereocenters. The first-order chi connectivity index (χ1) is 8.00. The van der Waals surface area contributed by atoms with Crippen LogP contribution in [0, 0.1) is 10.1 Å². The predicted molar refractivity (Wildman–Crippen MR) is 65.5 cm³/mol. The van der Waals surface area contributed by atoms with Crippen LogP contribution in [0.25, 0.3) is 0 Å². The molecule has 0 aliphatic carbocycles. The molecule has 0 amide bonds. The van der Waals surface area contributed by atoms with Crippen LogP contribution in [0.2, 0.25) is 5.02 Å². The number of hydrogen-bond donors (Lipinski definition) is 1. The average molecular weight is 260 g/mol. The molecule has 1 N–H and O–H groups in total. The van der Waals surface area contributed by atoms with E-state index in [-0.39, 0.29) is 16.8 Å². The maximum absolute atomic E-state index is 10.5. The minimum absolute atomic E-state index is 0.126. The largest absolute Gasteiger partial charge is 0.377 e. The fourth-order valence-electron chi connectivity index (χ4n) is 1.12. The molecule has 1 rings (SSSR count). The second-order valence-corrected chi connectivity index (χ2v) is 4.03. The van der Waals surface area contributed by atoms with Crippen LogP contribution < -0.4 is 5.32 Å². The molecule has 0 fully saturated rings. The summed E-state index contributed by atoms with van der Waals surface area (Å²) in [6, 6.07) is 1.26. The zero-order valence-corrected chi connectivity index (χ0v) is 10.4. The number of pyridine rings is 1. The molecule has 0 aliphatic heterocycles. The molecule has 94 valence electrons. The van der Waals surface area contributed by atoms with Gasteiger partial charge in [-0.3, -0.25) is 10.1 Å². The van der Waals surface area contributed by atoms with Crippen molar-refractivity contribution >= 4 is 23.1 Å². The van der Waals surface area contributed by atoms with Crippen molar-refractivity contribution in [3.05, 3.63) is 27.4 Å². The predicted octanol–water partition coefficient (Wildman–Crippen LogP) is 2.48. The van der Waals surface area contributed by atoms with Gasteiger partial charge in [-0.05, 0) is 13.8 Å². The number of halogens is 1. The van der Waals surface area contributed by atoms with E-state index in [0.29, 0.717) is 19.0 Å². The van der Waals surface area contributed by atoms with Crippen molar-refractivity contribution in [2.75, 3.05) is 18.5 Å². The Morgan fingerprint density at radius 1 is 1.65 bits per heavy atom. The van der Waals surface area contributed by atoms with Crippen molar-refractivity contribution in [3.63, 3.8) is 0 Å². The van der Waals surface area contributed by atoms with Crippen molar-refractivity contribution in [2.45, 2.75) is 20.0 Å². The van der Waals surface area contributed by atoms with E-state index in [4.69, 9.17) is 16.3 Å². The van der Waals surface area contributed by atoms with Crippen molar-refractivity contribution in [3.8, 4) is 0 Å². The number of anilines is 1. The van der Waals surface area contributed by atoms with Gasteiger partial charge in [0.25, 0.3) is 5.69 Å². The molecular formula is C10H14ClN3O3. The molecule has 0 bridgehead atoms. The minimum atomic E-state index is -0.537. The first-order valence-electron chi connectivity index (χ1n) is 5.16. The lowest BCUT2D eigenvalue weighted by Gasteiger charge is -2.09. The van der Waals surface area contributed by atoms with Gasteiger partial charge in [0.15, 0.2) is 0 Å². The summed E-state index contributed by atoms with van der Waals surface area (Å²) in [7, 11) is 0. The van der Waals surface area contributed by atoms with Crippen LogP contribution in [0.5, 0.6) is 0 Å². The Hall–Kier alpha value is -1.40. The van der Waals surface area contributed by atoms with Crippen molar-refractivity contribution in [1.82, 2.24) is 4.98 Å². The van der Waals surface area contributed by atoms with Crippen LogP contribution in [-0.2, 0) is 4.74 Å². The highest BCUT2D eigenvalue weighted by atomic mass is 35.5. The van der Waals surface area contributed by atoms with Crippen LogP contribution in [0.1, 0.15) is 13.8 Å². The molecule has 0 saturated heterocycles. The van der Waals surface area contributed by atoms with E-state index >= 15 is 0 Å². The molecule has 0 radical (unpaired) electrons. The maximum Gasteiger partial charge on any atom is 0.289 e. The van der Waals surface area contributed by atoms with Crippen molar-refractivity contribution in [1.29, 1.82) is 0 Å². The Kier molecular flexibility index (Phi) is 5.11. The topological polar surface area (TPSA) is 77.3 Å². The third kappa shape index (κ3) is 4.54. The second-order valence-electron chi connectivity index (χ2n) is 3.63. The average Bonchev–Trinajstić information content (AvgIpc) is 2.25. The van der Waals surface area contributed by atoms with E-state index < -0.39 is 4.92 Å². The van der Waals surface area contributed by atoms with Crippen LogP contribution in [-0.4, -0.2) is 29.2 Å². The summed E-state index contributed by atoms with van der Waals surface area (Å²) in [5.74, 6) is 0.421. The Morgan fingerprint density at radius 3 is 2.88 bits per heavy atom. The summed E-state index contributed by atoms with van der Waals surface area (Å²) in [6.45, 7) is 4.95. The first-order valence-corrected chi connectivity index (χ1v) is 5.54. The van der Waals surface area contributed by atoms with E-state index in [0.717, 1.165) is 6.20 Å². The number of nitrogens with zero attached hydrogens (tertiary/aromatic N) is 2. The molecule has 0 spiro atoms. The minimum Gasteiger partial charge on any atom is -0.377 e. The number of nitro groups is 1. The van der Waals surface area contributed by atoms with E-state index in [9.17, 15) is 10.1 Å². The summed E-state index contributed by atoms with van der Waals surface area (Å²) in [5, 5.41) is 13.6. The molecule has 1 aromatic heterocycles. The molecule has 0 saturated carbocycles. The van der Waals surface area contributed by atoms with E-state index in [1.54, 1.807) is 0 Å². The van der Waals surface area contributed by atoms with Gasteiger partial charge in [-0.1, -0.05) is 11.6 Å². The first kappa shape index (κ1) is 13.7. The number of nitrogens with one attached hydrogen (secondary N) is 1. The number of ether oxygens (including phenoxy) is 1. The lowest BCUT2D eigenvalue weighted by molar-refractivity contribution is -0.385. The molecule has 6 nitrogen and oxygen atoms in total. The van der Waals surface area contributed by atoms with Gasteiger partial charge in [0, 0.05) is 12.6 Å². The fraction of sp³-hybridized carbons (Fsp3) is 0.500. The summed E-state index contributed by atoms with van der Waals surface area (Å²) in [6.07, 6.45) is 1.33. The smallest absolute Gasteiger partial charge is 0.289 e. The molecule has 0 aliphatic rings. The quantitative estimate of drug-likeness (QED) is 0.482. The lowest BCUT2D eigenvalue weighted by Crippen LogP contribution is -2.14. The number of aromatic nitrogens is 1. The van der Waals surface area contributed by atoms with Gasteiger partial charge in [0.1, 0.15) is 12.0 Å². The Balaban J connectivity index is 2.52. The number of hydrogen-bond acceptors (Lipinski definition) is 5. The fourth-order valence-corrected chi connectivity index (χ4v) is 1.35. The zero-order valence-electron chi connectivity index (χ0n) is 9.64. The zero-order chi connectivity index (χ0) is 12.8. The van der Waals surface area contributed by atoms with Crippen molar-refractivity contribution < 1.29 is 9.66 Å². The SMILES string of the molecule is CC(C)OCCNc1ncc([N+](=O)[O-])cc1Cl. The molecule has 17 heavy (non-hydrogen) atoms. The highest BCUT2D eigenvalue weighted by Gasteiger charge is 2.10. The van der Waals surface area contributed by atoms with E-state index in [1.165, 1.54) is 6.07 Å².